The first-order valence-electron chi connectivity index (χ1n) is 9.89. The number of likely N-dealkylation sites (tertiary alicyclic amines) is 1. The number of nitrogens with zero attached hydrogens (tertiary/aromatic N) is 2. The minimum atomic E-state index is 0.0301. The van der Waals surface area contributed by atoms with E-state index >= 15 is 0 Å². The Morgan fingerprint density at radius 3 is 2.38 bits per heavy atom. The van der Waals surface area contributed by atoms with Gasteiger partial charge in [-0.2, -0.15) is 0 Å². The van der Waals surface area contributed by atoms with Crippen molar-refractivity contribution in [3.63, 3.8) is 0 Å². The topological polar surface area (TPSA) is 52.7 Å². The normalized spacial score (nSPS) is 15.7. The molecule has 0 spiro atoms. The summed E-state index contributed by atoms with van der Waals surface area (Å²) in [5.74, 6) is 0.409. The van der Waals surface area contributed by atoms with Gasteiger partial charge in [-0.05, 0) is 64.3 Å². The van der Waals surface area contributed by atoms with Gasteiger partial charge in [0.15, 0.2) is 0 Å². The molecule has 1 aromatic carbocycles. The number of amides is 2. The Morgan fingerprint density at radius 1 is 1.15 bits per heavy atom. The Bertz CT molecular complexity index is 618. The fourth-order valence-corrected chi connectivity index (χ4v) is 3.72. The van der Waals surface area contributed by atoms with Crippen molar-refractivity contribution in [3.8, 4) is 0 Å². The molecule has 1 aliphatic heterocycles. The summed E-state index contributed by atoms with van der Waals surface area (Å²) in [6.45, 7) is 11.7. The first-order chi connectivity index (χ1) is 12.5. The molecule has 1 heterocycles. The molecule has 144 valence electrons. The molecule has 0 atom stereocenters. The minimum absolute atomic E-state index is 0.0301. The lowest BCUT2D eigenvalue weighted by molar-refractivity contribution is -0.136. The number of para-hydroxylation sites is 1. The number of benzene rings is 1. The fraction of sp³-hybridized carbons (Fsp3) is 0.619. The highest BCUT2D eigenvalue weighted by atomic mass is 16.2. The van der Waals surface area contributed by atoms with Crippen LogP contribution in [-0.4, -0.2) is 54.3 Å². The standard InChI is InChI=1S/C21H33N3O2/c1-5-17-10-8-9-16(4)20(17)22-19(25)15-23-13-11-18(12-14-23)21(26)24(6-2)7-3/h8-10,18H,5-7,11-15H2,1-4H3,(H,22,25). The van der Waals surface area contributed by atoms with Crippen molar-refractivity contribution in [2.45, 2.75) is 47.0 Å². The van der Waals surface area contributed by atoms with Crippen LogP contribution in [0.1, 0.15) is 44.7 Å². The van der Waals surface area contributed by atoms with Gasteiger partial charge in [-0.3, -0.25) is 14.5 Å². The van der Waals surface area contributed by atoms with E-state index in [1.54, 1.807) is 0 Å². The van der Waals surface area contributed by atoms with Crippen LogP contribution in [0.15, 0.2) is 18.2 Å². The molecular formula is C21H33N3O2. The average Bonchev–Trinajstić information content (AvgIpc) is 2.65. The Hall–Kier alpha value is -1.88. The molecule has 0 radical (unpaired) electrons. The minimum Gasteiger partial charge on any atom is -0.343 e. The highest BCUT2D eigenvalue weighted by Crippen LogP contribution is 2.22. The Kier molecular flexibility index (Phi) is 7.64. The van der Waals surface area contributed by atoms with Crippen molar-refractivity contribution in [1.29, 1.82) is 0 Å². The summed E-state index contributed by atoms with van der Waals surface area (Å²) in [5, 5.41) is 3.09. The molecule has 0 aromatic heterocycles. The van der Waals surface area contributed by atoms with Gasteiger partial charge in [0.1, 0.15) is 0 Å². The number of anilines is 1. The molecule has 26 heavy (non-hydrogen) atoms. The lowest BCUT2D eigenvalue weighted by Crippen LogP contribution is -2.44. The van der Waals surface area contributed by atoms with Gasteiger partial charge < -0.3 is 10.2 Å². The molecule has 2 amide bonds. The smallest absolute Gasteiger partial charge is 0.238 e. The molecule has 1 saturated heterocycles. The number of rotatable bonds is 7. The predicted molar refractivity (Wildman–Crippen MR) is 106 cm³/mol. The Balaban J connectivity index is 1.86. The van der Waals surface area contributed by atoms with Crippen LogP contribution >= 0.6 is 0 Å². The van der Waals surface area contributed by atoms with Crippen LogP contribution in [0.4, 0.5) is 5.69 Å². The maximum absolute atomic E-state index is 12.5. The maximum Gasteiger partial charge on any atom is 0.238 e. The lowest BCUT2D eigenvalue weighted by Gasteiger charge is -2.33. The van der Waals surface area contributed by atoms with Crippen molar-refractivity contribution in [2.75, 3.05) is 38.0 Å². The van der Waals surface area contributed by atoms with Crippen molar-refractivity contribution in [2.24, 2.45) is 5.92 Å². The highest BCUT2D eigenvalue weighted by molar-refractivity contribution is 5.93. The molecule has 0 unspecified atom stereocenters. The molecule has 0 saturated carbocycles. The SMILES string of the molecule is CCc1cccc(C)c1NC(=O)CN1CCC(C(=O)N(CC)CC)CC1. The molecule has 5 heteroatoms. The Labute approximate surface area is 157 Å². The summed E-state index contributed by atoms with van der Waals surface area (Å²) < 4.78 is 0. The van der Waals surface area contributed by atoms with Gasteiger partial charge in [-0.15, -0.1) is 0 Å². The summed E-state index contributed by atoms with van der Waals surface area (Å²) in [6.07, 6.45) is 2.58. The van der Waals surface area contributed by atoms with Crippen LogP contribution in [0, 0.1) is 12.8 Å². The number of hydrogen-bond donors (Lipinski definition) is 1. The molecule has 0 bridgehead atoms. The lowest BCUT2D eigenvalue weighted by atomic mass is 9.95. The zero-order chi connectivity index (χ0) is 19.1. The number of carbonyl (C=O) groups excluding carboxylic acids is 2. The number of aryl methyl sites for hydroxylation is 2. The van der Waals surface area contributed by atoms with E-state index in [-0.39, 0.29) is 17.7 Å². The van der Waals surface area contributed by atoms with Gasteiger partial charge in [-0.25, -0.2) is 0 Å². The van der Waals surface area contributed by atoms with Crippen LogP contribution in [0.2, 0.25) is 0 Å². The monoisotopic (exact) mass is 359 g/mol. The predicted octanol–water partition coefficient (Wildman–Crippen LogP) is 3.08. The van der Waals surface area contributed by atoms with Crippen LogP contribution < -0.4 is 5.32 Å². The molecule has 2 rings (SSSR count). The quantitative estimate of drug-likeness (QED) is 0.814. The van der Waals surface area contributed by atoms with Gasteiger partial charge in [0.05, 0.1) is 6.54 Å². The van der Waals surface area contributed by atoms with Gasteiger partial charge in [0, 0.05) is 24.7 Å². The summed E-state index contributed by atoms with van der Waals surface area (Å²) in [5.41, 5.74) is 3.22. The van der Waals surface area contributed by atoms with Crippen LogP contribution in [-0.2, 0) is 16.0 Å². The van der Waals surface area contributed by atoms with E-state index in [0.29, 0.717) is 6.54 Å². The largest absolute Gasteiger partial charge is 0.343 e. The zero-order valence-corrected chi connectivity index (χ0v) is 16.7. The van der Waals surface area contributed by atoms with Crippen LogP contribution in [0.3, 0.4) is 0 Å². The van der Waals surface area contributed by atoms with Crippen molar-refractivity contribution >= 4 is 17.5 Å². The van der Waals surface area contributed by atoms with E-state index in [2.05, 4.69) is 23.2 Å². The third kappa shape index (κ3) is 5.07. The zero-order valence-electron chi connectivity index (χ0n) is 16.7. The van der Waals surface area contributed by atoms with E-state index in [4.69, 9.17) is 0 Å². The summed E-state index contributed by atoms with van der Waals surface area (Å²) in [6, 6.07) is 6.12. The van der Waals surface area contributed by atoms with E-state index in [1.807, 2.05) is 37.8 Å². The molecule has 1 aliphatic rings. The van der Waals surface area contributed by atoms with Crippen molar-refractivity contribution in [3.05, 3.63) is 29.3 Å². The number of carbonyl (C=O) groups is 2. The number of piperidine rings is 1. The molecule has 5 nitrogen and oxygen atoms in total. The van der Waals surface area contributed by atoms with Gasteiger partial charge in [0.25, 0.3) is 0 Å². The molecular weight excluding hydrogens is 326 g/mol. The second-order valence-electron chi connectivity index (χ2n) is 7.07. The van der Waals surface area contributed by atoms with E-state index < -0.39 is 0 Å². The molecule has 1 N–H and O–H groups in total. The maximum atomic E-state index is 12.5. The molecule has 1 fully saturated rings. The average molecular weight is 360 g/mol. The van der Waals surface area contributed by atoms with Crippen LogP contribution in [0.25, 0.3) is 0 Å². The van der Waals surface area contributed by atoms with E-state index in [9.17, 15) is 9.59 Å². The fourth-order valence-electron chi connectivity index (χ4n) is 3.72. The van der Waals surface area contributed by atoms with Crippen LogP contribution in [0.5, 0.6) is 0 Å². The third-order valence-corrected chi connectivity index (χ3v) is 5.38. The van der Waals surface area contributed by atoms with Crippen molar-refractivity contribution in [1.82, 2.24) is 9.80 Å². The second-order valence-corrected chi connectivity index (χ2v) is 7.07. The van der Waals surface area contributed by atoms with E-state index in [0.717, 1.165) is 56.7 Å². The summed E-state index contributed by atoms with van der Waals surface area (Å²) in [4.78, 5) is 29.0. The highest BCUT2D eigenvalue weighted by Gasteiger charge is 2.28. The summed E-state index contributed by atoms with van der Waals surface area (Å²) >= 11 is 0. The van der Waals surface area contributed by atoms with Gasteiger partial charge in [0.2, 0.25) is 11.8 Å². The molecule has 1 aromatic rings. The second kappa shape index (κ2) is 9.72. The number of hydrogen-bond acceptors (Lipinski definition) is 3. The third-order valence-electron chi connectivity index (χ3n) is 5.38. The Morgan fingerprint density at radius 2 is 1.81 bits per heavy atom. The van der Waals surface area contributed by atoms with Gasteiger partial charge >= 0.3 is 0 Å². The first kappa shape index (κ1) is 20.4. The molecule has 0 aliphatic carbocycles. The summed E-state index contributed by atoms with van der Waals surface area (Å²) in [7, 11) is 0. The van der Waals surface area contributed by atoms with Crippen molar-refractivity contribution < 1.29 is 9.59 Å². The first-order valence-corrected chi connectivity index (χ1v) is 9.89. The van der Waals surface area contributed by atoms with E-state index in [1.165, 1.54) is 5.56 Å². The van der Waals surface area contributed by atoms with Gasteiger partial charge in [-0.1, -0.05) is 25.1 Å². The number of nitrogens with one attached hydrogen (secondary N) is 1.